The molecule has 0 saturated carbocycles. The van der Waals surface area contributed by atoms with Crippen LogP contribution in [0.25, 0.3) is 0 Å². The smallest absolute Gasteiger partial charge is 0 e. The standard InChI is InChI=1S/C4H8.2Y/c1-3-4-2;;/h1-4H2;;/q-2;;. The van der Waals surface area contributed by atoms with Gasteiger partial charge in [-0.2, -0.15) is 0 Å². The molecule has 0 aliphatic carbocycles. The van der Waals surface area contributed by atoms with E-state index < -0.39 is 0 Å². The molecule has 0 atom stereocenters. The molecule has 0 nitrogen and oxygen atoms in total. The van der Waals surface area contributed by atoms with Gasteiger partial charge in [-0.1, -0.05) is 0 Å². The summed E-state index contributed by atoms with van der Waals surface area (Å²) < 4.78 is 0. The maximum Gasteiger partial charge on any atom is 0 e. The number of hydrogen-bond donors (Lipinski definition) is 0. The van der Waals surface area contributed by atoms with Crippen molar-refractivity contribution >= 4 is 0 Å². The molecule has 0 aliphatic heterocycles. The molecule has 0 aliphatic rings. The summed E-state index contributed by atoms with van der Waals surface area (Å²) >= 11 is 0. The van der Waals surface area contributed by atoms with E-state index in [9.17, 15) is 0 Å². The number of unbranched alkanes of at least 4 members (excludes halogenated alkanes) is 1. The van der Waals surface area contributed by atoms with Crippen LogP contribution < -0.4 is 0 Å². The molecule has 0 N–H and O–H groups in total. The van der Waals surface area contributed by atoms with Gasteiger partial charge in [0, 0.05) is 65.4 Å². The van der Waals surface area contributed by atoms with Crippen LogP contribution in [0.3, 0.4) is 0 Å². The summed E-state index contributed by atoms with van der Waals surface area (Å²) in [5.41, 5.74) is 0. The Labute approximate surface area is 90.6 Å². The maximum atomic E-state index is 3.54. The first-order valence-corrected chi connectivity index (χ1v) is 1.50. The molecule has 6 heavy (non-hydrogen) atoms. The average molecular weight is 234 g/mol. The zero-order valence-corrected chi connectivity index (χ0v) is 9.66. The zero-order valence-electron chi connectivity index (χ0n) is 3.98. The third-order valence-corrected chi connectivity index (χ3v) is 0.250. The van der Waals surface area contributed by atoms with Crippen molar-refractivity contribution < 1.29 is 65.4 Å². The zero-order chi connectivity index (χ0) is 3.41. The van der Waals surface area contributed by atoms with Crippen molar-refractivity contribution in [3.05, 3.63) is 13.8 Å². The molecule has 0 spiro atoms. The normalized spacial score (nSPS) is 5.00. The monoisotopic (exact) mass is 234 g/mol. The quantitative estimate of drug-likeness (QED) is 0.602. The van der Waals surface area contributed by atoms with Gasteiger partial charge in [-0.25, -0.2) is 12.8 Å². The minimum atomic E-state index is 0. The topological polar surface area (TPSA) is 0 Å². The Morgan fingerprint density at radius 1 is 0.833 bits per heavy atom. The predicted octanol–water partition coefficient (Wildman–Crippen LogP) is 1.43. The Bertz CT molecular complexity index is 7.51. The van der Waals surface area contributed by atoms with E-state index in [-0.39, 0.29) is 65.4 Å². The number of hydrogen-bond acceptors (Lipinski definition) is 0. The van der Waals surface area contributed by atoms with E-state index in [1.807, 2.05) is 0 Å². The van der Waals surface area contributed by atoms with Crippen LogP contribution in [0.2, 0.25) is 0 Å². The molecule has 0 rings (SSSR count). The minimum Gasteiger partial charge on any atom is -0.346 e. The molecule has 0 fully saturated rings. The van der Waals surface area contributed by atoms with Crippen LogP contribution in [0.4, 0.5) is 0 Å². The molecule has 0 unspecified atom stereocenters. The molecule has 0 aromatic heterocycles. The van der Waals surface area contributed by atoms with Crippen LogP contribution in [-0.2, 0) is 65.4 Å². The summed E-state index contributed by atoms with van der Waals surface area (Å²) in [6.45, 7) is 7.08. The Balaban J connectivity index is -0.0000000450. The van der Waals surface area contributed by atoms with Gasteiger partial charge >= 0.3 is 0 Å². The second-order valence-corrected chi connectivity index (χ2v) is 0.707. The molecule has 2 radical (unpaired) electrons. The van der Waals surface area contributed by atoms with Crippen LogP contribution in [-0.4, -0.2) is 0 Å². The first-order chi connectivity index (χ1) is 1.91. The van der Waals surface area contributed by atoms with Gasteiger partial charge in [-0.3, -0.25) is 0 Å². The second-order valence-electron chi connectivity index (χ2n) is 0.707. The first kappa shape index (κ1) is 15.7. The van der Waals surface area contributed by atoms with Crippen LogP contribution in [0.5, 0.6) is 0 Å². The van der Waals surface area contributed by atoms with Crippen LogP contribution in [0.15, 0.2) is 0 Å². The fourth-order valence-corrected chi connectivity index (χ4v) is 0. The molecule has 0 aromatic rings. The minimum absolute atomic E-state index is 0. The van der Waals surface area contributed by atoms with Crippen molar-refractivity contribution in [2.24, 2.45) is 0 Å². The Morgan fingerprint density at radius 2 is 1.00 bits per heavy atom. The fraction of sp³-hybridized carbons (Fsp3) is 0.500. The SMILES string of the molecule is [CH2-]CC[CH2-].[Y].[Y]. The molecule has 0 amide bonds. The predicted molar refractivity (Wildman–Crippen MR) is 19.9 cm³/mol. The van der Waals surface area contributed by atoms with Gasteiger partial charge in [0.1, 0.15) is 0 Å². The molecule has 2 heteroatoms. The second kappa shape index (κ2) is 15.7. The van der Waals surface area contributed by atoms with Gasteiger partial charge in [0.15, 0.2) is 0 Å². The molecule has 0 heterocycles. The fourth-order valence-electron chi connectivity index (χ4n) is 0. The molecule has 0 bridgehead atoms. The van der Waals surface area contributed by atoms with E-state index >= 15 is 0 Å². The van der Waals surface area contributed by atoms with Gasteiger partial charge < -0.3 is 13.8 Å². The Hall–Kier alpha value is 2.21. The molecule has 32 valence electrons. The summed E-state index contributed by atoms with van der Waals surface area (Å²) in [5, 5.41) is 0. The van der Waals surface area contributed by atoms with Crippen LogP contribution in [0.1, 0.15) is 12.8 Å². The van der Waals surface area contributed by atoms with E-state index in [0.717, 1.165) is 12.8 Å². The van der Waals surface area contributed by atoms with E-state index in [2.05, 4.69) is 13.8 Å². The third-order valence-electron chi connectivity index (χ3n) is 0.250. The third kappa shape index (κ3) is 16.4. The van der Waals surface area contributed by atoms with E-state index in [4.69, 9.17) is 0 Å². The summed E-state index contributed by atoms with van der Waals surface area (Å²) in [6, 6.07) is 0. The van der Waals surface area contributed by atoms with Crippen LogP contribution in [0, 0.1) is 13.8 Å². The van der Waals surface area contributed by atoms with Crippen molar-refractivity contribution in [3.63, 3.8) is 0 Å². The van der Waals surface area contributed by atoms with Gasteiger partial charge in [-0.15, -0.1) is 0 Å². The van der Waals surface area contributed by atoms with Crippen molar-refractivity contribution in [1.82, 2.24) is 0 Å². The Morgan fingerprint density at radius 3 is 1.00 bits per heavy atom. The van der Waals surface area contributed by atoms with Crippen molar-refractivity contribution in [3.8, 4) is 0 Å². The molecular weight excluding hydrogens is 226 g/mol. The summed E-state index contributed by atoms with van der Waals surface area (Å²) in [4.78, 5) is 0. The first-order valence-electron chi connectivity index (χ1n) is 1.50. The van der Waals surface area contributed by atoms with Gasteiger partial charge in [0.2, 0.25) is 0 Å². The van der Waals surface area contributed by atoms with Crippen LogP contribution >= 0.6 is 0 Å². The average Bonchev–Trinajstić information content (AvgIpc) is 1.37. The van der Waals surface area contributed by atoms with Gasteiger partial charge in [0.05, 0.1) is 0 Å². The van der Waals surface area contributed by atoms with E-state index in [1.165, 1.54) is 0 Å². The summed E-state index contributed by atoms with van der Waals surface area (Å²) in [6.07, 6.45) is 1.92. The molecule has 0 aromatic carbocycles. The van der Waals surface area contributed by atoms with Gasteiger partial charge in [-0.05, 0) is 0 Å². The Kier molecular flexibility index (Phi) is 41.1. The largest absolute Gasteiger partial charge is 0.346 e. The summed E-state index contributed by atoms with van der Waals surface area (Å²) in [5.74, 6) is 0. The van der Waals surface area contributed by atoms with Gasteiger partial charge in [0.25, 0.3) is 0 Å². The van der Waals surface area contributed by atoms with Crippen molar-refractivity contribution in [2.45, 2.75) is 12.8 Å². The van der Waals surface area contributed by atoms with E-state index in [0.29, 0.717) is 0 Å². The van der Waals surface area contributed by atoms with Crippen molar-refractivity contribution in [1.29, 1.82) is 0 Å². The molecule has 0 saturated heterocycles. The number of rotatable bonds is 1. The van der Waals surface area contributed by atoms with Crippen molar-refractivity contribution in [2.75, 3.05) is 0 Å². The van der Waals surface area contributed by atoms with E-state index in [1.54, 1.807) is 0 Å². The summed E-state index contributed by atoms with van der Waals surface area (Å²) in [7, 11) is 0. The maximum absolute atomic E-state index is 3.54. The molecular formula is C4H8Y2-2.